The topological polar surface area (TPSA) is 69.7 Å². The molecule has 0 aliphatic heterocycles. The summed E-state index contributed by atoms with van der Waals surface area (Å²) < 4.78 is 9.88. The van der Waals surface area contributed by atoms with E-state index >= 15 is 0 Å². The quantitative estimate of drug-likeness (QED) is 0.472. The molecule has 0 aliphatic rings. The first-order valence-corrected chi connectivity index (χ1v) is 5.58. The van der Waals surface area contributed by atoms with Crippen molar-refractivity contribution in [3.05, 3.63) is 29.8 Å². The second-order valence-electron chi connectivity index (χ2n) is 3.84. The van der Waals surface area contributed by atoms with Crippen LogP contribution in [0, 0.1) is 0 Å². The fraction of sp³-hybridized carbons (Fsp3) is 0.214. The van der Waals surface area contributed by atoms with Gasteiger partial charge in [-0.25, -0.2) is 0 Å². The molecule has 0 atom stereocenters. The summed E-state index contributed by atoms with van der Waals surface area (Å²) in [5, 5.41) is 0. The number of ether oxygens (including phenoxy) is 2. The molecule has 0 aromatic heterocycles. The molecule has 0 heterocycles. The molecule has 0 fully saturated rings. The Morgan fingerprint density at radius 2 is 1.53 bits per heavy atom. The number of rotatable bonds is 4. The fourth-order valence-electron chi connectivity index (χ4n) is 1.32. The Morgan fingerprint density at radius 1 is 0.947 bits per heavy atom. The summed E-state index contributed by atoms with van der Waals surface area (Å²) in [6.07, 6.45) is 2.96. The molecule has 19 heavy (non-hydrogen) atoms. The van der Waals surface area contributed by atoms with Crippen LogP contribution in [0.1, 0.15) is 26.3 Å². The summed E-state index contributed by atoms with van der Waals surface area (Å²) in [7, 11) is 0. The highest BCUT2D eigenvalue weighted by atomic mass is 16.6. The van der Waals surface area contributed by atoms with Gasteiger partial charge in [-0.15, -0.1) is 0 Å². The van der Waals surface area contributed by atoms with Crippen LogP contribution in [0.4, 0.5) is 0 Å². The third-order valence-corrected chi connectivity index (χ3v) is 1.99. The number of carbonyl (C=O) groups is 3. The van der Waals surface area contributed by atoms with E-state index < -0.39 is 11.9 Å². The number of carbonyl (C=O) groups excluding carboxylic acids is 3. The zero-order valence-corrected chi connectivity index (χ0v) is 10.9. The van der Waals surface area contributed by atoms with Crippen LogP contribution in [0.15, 0.2) is 24.3 Å². The van der Waals surface area contributed by atoms with E-state index in [1.165, 1.54) is 39.0 Å². The summed E-state index contributed by atoms with van der Waals surface area (Å²) in [6, 6.07) is 4.66. The molecule has 5 heteroatoms. The van der Waals surface area contributed by atoms with Gasteiger partial charge in [-0.2, -0.15) is 0 Å². The maximum atomic E-state index is 11.0. The first kappa shape index (κ1) is 14.6. The Kier molecular flexibility index (Phi) is 5.00. The second kappa shape index (κ2) is 6.49. The summed E-state index contributed by atoms with van der Waals surface area (Å²) in [6.45, 7) is 3.92. The predicted octanol–water partition coefficient (Wildman–Crippen LogP) is 2.14. The molecule has 1 rings (SSSR count). The Bertz CT molecular complexity index is 543. The van der Waals surface area contributed by atoms with Gasteiger partial charge in [0.1, 0.15) is 0 Å². The molecule has 0 spiro atoms. The van der Waals surface area contributed by atoms with Gasteiger partial charge in [0.25, 0.3) is 0 Å². The lowest BCUT2D eigenvalue weighted by Crippen LogP contribution is -2.07. The van der Waals surface area contributed by atoms with Crippen LogP contribution in [-0.4, -0.2) is 17.7 Å². The molecule has 0 unspecified atom stereocenters. The first-order chi connectivity index (χ1) is 8.88. The zero-order valence-electron chi connectivity index (χ0n) is 10.9. The van der Waals surface area contributed by atoms with Crippen molar-refractivity contribution in [2.75, 3.05) is 0 Å². The van der Waals surface area contributed by atoms with Crippen molar-refractivity contribution >= 4 is 23.8 Å². The second-order valence-corrected chi connectivity index (χ2v) is 3.84. The van der Waals surface area contributed by atoms with E-state index in [-0.39, 0.29) is 17.3 Å². The molecule has 100 valence electrons. The van der Waals surface area contributed by atoms with E-state index in [9.17, 15) is 14.4 Å². The van der Waals surface area contributed by atoms with Crippen LogP contribution in [0.2, 0.25) is 0 Å². The third-order valence-electron chi connectivity index (χ3n) is 1.99. The lowest BCUT2D eigenvalue weighted by molar-refractivity contribution is -0.134. The molecule has 0 amide bonds. The van der Waals surface area contributed by atoms with E-state index in [1.807, 2.05) is 0 Å². The Labute approximate surface area is 110 Å². The van der Waals surface area contributed by atoms with Crippen molar-refractivity contribution in [2.45, 2.75) is 20.8 Å². The molecular formula is C14H14O5. The van der Waals surface area contributed by atoms with Crippen molar-refractivity contribution in [1.82, 2.24) is 0 Å². The monoisotopic (exact) mass is 262 g/mol. The molecule has 1 aromatic carbocycles. The van der Waals surface area contributed by atoms with E-state index in [2.05, 4.69) is 0 Å². The third kappa shape index (κ3) is 5.16. The number of hydrogen-bond donors (Lipinski definition) is 0. The van der Waals surface area contributed by atoms with Gasteiger partial charge in [0.05, 0.1) is 0 Å². The molecule has 0 aliphatic carbocycles. The SMILES string of the molecule is CC(=O)C=Cc1ccc(OC(C)=O)c(OC(C)=O)c1. The van der Waals surface area contributed by atoms with Gasteiger partial charge in [0, 0.05) is 13.8 Å². The molecule has 0 saturated carbocycles. The summed E-state index contributed by atoms with van der Waals surface area (Å²) in [5.74, 6) is -0.851. The fourth-order valence-corrected chi connectivity index (χ4v) is 1.32. The minimum atomic E-state index is -0.527. The van der Waals surface area contributed by atoms with Crippen LogP contribution >= 0.6 is 0 Å². The van der Waals surface area contributed by atoms with Crippen molar-refractivity contribution < 1.29 is 23.9 Å². The molecule has 0 bridgehead atoms. The van der Waals surface area contributed by atoms with Gasteiger partial charge in [0.15, 0.2) is 17.3 Å². The molecule has 1 aromatic rings. The molecule has 5 nitrogen and oxygen atoms in total. The highest BCUT2D eigenvalue weighted by Crippen LogP contribution is 2.29. The number of esters is 2. The predicted molar refractivity (Wildman–Crippen MR) is 68.8 cm³/mol. The maximum Gasteiger partial charge on any atom is 0.308 e. The van der Waals surface area contributed by atoms with E-state index in [1.54, 1.807) is 12.1 Å². The largest absolute Gasteiger partial charge is 0.423 e. The molecular weight excluding hydrogens is 248 g/mol. The standard InChI is InChI=1S/C14H14O5/c1-9(15)4-5-12-6-7-13(18-10(2)16)14(8-12)19-11(3)17/h4-8H,1-3H3. The smallest absolute Gasteiger partial charge is 0.308 e. The summed E-state index contributed by atoms with van der Waals surface area (Å²) >= 11 is 0. The van der Waals surface area contributed by atoms with Crippen molar-refractivity contribution in [1.29, 1.82) is 0 Å². The van der Waals surface area contributed by atoms with Crippen LogP contribution < -0.4 is 9.47 Å². The minimum Gasteiger partial charge on any atom is -0.423 e. The molecule has 0 N–H and O–H groups in total. The highest BCUT2D eigenvalue weighted by molar-refractivity contribution is 5.91. The number of hydrogen-bond acceptors (Lipinski definition) is 5. The Balaban J connectivity index is 3.10. The molecule has 0 saturated heterocycles. The number of allylic oxidation sites excluding steroid dienone is 1. The zero-order chi connectivity index (χ0) is 14.4. The summed E-state index contributed by atoms with van der Waals surface area (Å²) in [5.41, 5.74) is 0.655. The van der Waals surface area contributed by atoms with Crippen LogP contribution in [-0.2, 0) is 14.4 Å². The summed E-state index contributed by atoms with van der Waals surface area (Å²) in [4.78, 5) is 32.8. The minimum absolute atomic E-state index is 0.0990. The van der Waals surface area contributed by atoms with Gasteiger partial charge in [0.2, 0.25) is 0 Å². The first-order valence-electron chi connectivity index (χ1n) is 5.58. The van der Waals surface area contributed by atoms with Crippen molar-refractivity contribution in [3.63, 3.8) is 0 Å². The van der Waals surface area contributed by atoms with E-state index in [4.69, 9.17) is 9.47 Å². The van der Waals surface area contributed by atoms with E-state index in [0.29, 0.717) is 5.56 Å². The van der Waals surface area contributed by atoms with E-state index in [0.717, 1.165) is 0 Å². The van der Waals surface area contributed by atoms with Crippen molar-refractivity contribution in [3.8, 4) is 11.5 Å². The van der Waals surface area contributed by atoms with Gasteiger partial charge in [-0.3, -0.25) is 14.4 Å². The van der Waals surface area contributed by atoms with Crippen LogP contribution in [0.3, 0.4) is 0 Å². The average molecular weight is 262 g/mol. The number of benzene rings is 1. The van der Waals surface area contributed by atoms with Gasteiger partial charge in [-0.1, -0.05) is 12.1 Å². The maximum absolute atomic E-state index is 11.0. The van der Waals surface area contributed by atoms with Crippen LogP contribution in [0.25, 0.3) is 6.08 Å². The Hall–Kier alpha value is -2.43. The normalized spacial score (nSPS) is 10.3. The van der Waals surface area contributed by atoms with Crippen molar-refractivity contribution in [2.24, 2.45) is 0 Å². The van der Waals surface area contributed by atoms with Gasteiger partial charge >= 0.3 is 11.9 Å². The van der Waals surface area contributed by atoms with Crippen LogP contribution in [0.5, 0.6) is 11.5 Å². The lowest BCUT2D eigenvalue weighted by atomic mass is 10.1. The molecule has 0 radical (unpaired) electrons. The Morgan fingerprint density at radius 3 is 2.05 bits per heavy atom. The lowest BCUT2D eigenvalue weighted by Gasteiger charge is -2.09. The van der Waals surface area contributed by atoms with Gasteiger partial charge in [-0.05, 0) is 30.7 Å². The van der Waals surface area contributed by atoms with Gasteiger partial charge < -0.3 is 9.47 Å². The highest BCUT2D eigenvalue weighted by Gasteiger charge is 2.10. The average Bonchev–Trinajstić information content (AvgIpc) is 2.28. The number of ketones is 1.